The van der Waals surface area contributed by atoms with Gasteiger partial charge in [-0.2, -0.15) is 0 Å². The molecule has 4 nitrogen and oxygen atoms in total. The van der Waals surface area contributed by atoms with Crippen LogP contribution in [0.1, 0.15) is 74.5 Å². The van der Waals surface area contributed by atoms with Crippen molar-refractivity contribution in [2.24, 2.45) is 0 Å². The fraction of sp³-hybridized carbons (Fsp3) is 0.464. The van der Waals surface area contributed by atoms with Crippen molar-refractivity contribution in [1.29, 1.82) is 0 Å². The fourth-order valence-corrected chi connectivity index (χ4v) is 4.87. The van der Waals surface area contributed by atoms with Gasteiger partial charge in [0.05, 0.1) is 27.9 Å². The van der Waals surface area contributed by atoms with Crippen molar-refractivity contribution in [3.63, 3.8) is 0 Å². The molecule has 1 aromatic carbocycles. The van der Waals surface area contributed by atoms with E-state index in [0.717, 1.165) is 37.1 Å². The van der Waals surface area contributed by atoms with E-state index in [0.29, 0.717) is 40.1 Å². The van der Waals surface area contributed by atoms with E-state index in [1.54, 1.807) is 18.2 Å². The topological polar surface area (TPSA) is 34.0 Å². The molecule has 0 spiro atoms. The van der Waals surface area contributed by atoms with Gasteiger partial charge in [-0.3, -0.25) is 4.79 Å². The molecule has 0 N–H and O–H groups in total. The molecule has 0 aliphatic carbocycles. The molecule has 0 aliphatic heterocycles. The van der Waals surface area contributed by atoms with Crippen LogP contribution in [-0.2, 0) is 6.42 Å². The molecule has 0 radical (unpaired) electrons. The van der Waals surface area contributed by atoms with Crippen molar-refractivity contribution in [2.75, 3.05) is 26.2 Å². The van der Waals surface area contributed by atoms with Crippen LogP contribution in [-0.4, -0.2) is 41.3 Å². The maximum Gasteiger partial charge on any atom is 0.210 e. The molecule has 0 bridgehead atoms. The van der Waals surface area contributed by atoms with E-state index < -0.39 is 0 Å². The molecule has 0 amide bonds. The lowest BCUT2D eigenvalue weighted by atomic mass is 10.0. The van der Waals surface area contributed by atoms with Crippen molar-refractivity contribution >= 4 is 34.5 Å². The Labute approximate surface area is 213 Å². The molecule has 3 rings (SSSR count). The number of benzene rings is 1. The number of rotatable bonds is 14. The monoisotopic (exact) mass is 502 g/mol. The third-order valence-corrected chi connectivity index (χ3v) is 6.89. The van der Waals surface area contributed by atoms with Crippen molar-refractivity contribution in [1.82, 2.24) is 9.30 Å². The minimum Gasteiger partial charge on any atom is -0.492 e. The molecule has 184 valence electrons. The molecular formula is C28H36Cl2N2O2. The van der Waals surface area contributed by atoms with E-state index in [-0.39, 0.29) is 5.78 Å². The van der Waals surface area contributed by atoms with Gasteiger partial charge in [0.2, 0.25) is 5.78 Å². The van der Waals surface area contributed by atoms with Crippen LogP contribution in [0, 0.1) is 0 Å². The SMILES string of the molecule is CCCCN(CCCC)CCCOc1ccc(C(=O)c2c(CC)c(Cl)c3ccccn23)cc1Cl. The average molecular weight is 504 g/mol. The van der Waals surface area contributed by atoms with Crippen LogP contribution in [0.2, 0.25) is 10.0 Å². The number of unbranched alkanes of at least 4 members (excludes halogenated alkanes) is 2. The number of halogens is 2. The van der Waals surface area contributed by atoms with Crippen LogP contribution in [0.5, 0.6) is 5.75 Å². The molecular weight excluding hydrogens is 467 g/mol. The van der Waals surface area contributed by atoms with Gasteiger partial charge in [0, 0.05) is 23.9 Å². The van der Waals surface area contributed by atoms with E-state index in [4.69, 9.17) is 27.9 Å². The Kier molecular flexibility index (Phi) is 10.3. The Morgan fingerprint density at radius 2 is 1.68 bits per heavy atom. The molecule has 0 atom stereocenters. The van der Waals surface area contributed by atoms with Crippen LogP contribution in [0.4, 0.5) is 0 Å². The van der Waals surface area contributed by atoms with Crippen LogP contribution >= 0.6 is 23.2 Å². The highest BCUT2D eigenvalue weighted by Gasteiger charge is 2.23. The van der Waals surface area contributed by atoms with Crippen LogP contribution in [0.3, 0.4) is 0 Å². The Morgan fingerprint density at radius 1 is 0.971 bits per heavy atom. The summed E-state index contributed by atoms with van der Waals surface area (Å²) in [4.78, 5) is 16.0. The largest absolute Gasteiger partial charge is 0.492 e. The molecule has 3 aromatic rings. The van der Waals surface area contributed by atoms with E-state index in [1.165, 1.54) is 25.7 Å². The summed E-state index contributed by atoms with van der Waals surface area (Å²) in [6.07, 6.45) is 8.37. The van der Waals surface area contributed by atoms with Crippen LogP contribution in [0.15, 0.2) is 42.6 Å². The maximum absolute atomic E-state index is 13.4. The first-order chi connectivity index (χ1) is 16.5. The zero-order valence-corrected chi connectivity index (χ0v) is 22.1. The summed E-state index contributed by atoms with van der Waals surface area (Å²) in [5, 5.41) is 1.08. The van der Waals surface area contributed by atoms with E-state index in [1.807, 2.05) is 35.7 Å². The van der Waals surface area contributed by atoms with Crippen molar-refractivity contribution in [2.45, 2.75) is 59.3 Å². The second-order valence-corrected chi connectivity index (χ2v) is 9.46. The summed E-state index contributed by atoms with van der Waals surface area (Å²) in [5.74, 6) is 0.515. The van der Waals surface area contributed by atoms with Gasteiger partial charge in [0.25, 0.3) is 0 Å². The van der Waals surface area contributed by atoms with Crippen molar-refractivity contribution in [3.8, 4) is 5.75 Å². The van der Waals surface area contributed by atoms with Crippen molar-refractivity contribution < 1.29 is 9.53 Å². The minimum atomic E-state index is -0.0964. The van der Waals surface area contributed by atoms with Crippen LogP contribution < -0.4 is 4.74 Å². The zero-order chi connectivity index (χ0) is 24.5. The molecule has 0 unspecified atom stereocenters. The predicted molar refractivity (Wildman–Crippen MR) is 143 cm³/mol. The van der Waals surface area contributed by atoms with Gasteiger partial charge < -0.3 is 14.0 Å². The zero-order valence-electron chi connectivity index (χ0n) is 20.6. The number of ketones is 1. The van der Waals surface area contributed by atoms with Crippen molar-refractivity contribution in [3.05, 3.63) is 69.5 Å². The standard InChI is InChI=1S/C28H36Cl2N2O2/c1-4-7-15-31(16-8-5-2)17-11-19-34-25-14-13-21(20-23(25)29)28(33)27-22(6-3)26(30)24-12-9-10-18-32(24)27/h9-10,12-14,18,20H,4-8,11,15-17,19H2,1-3H3. The lowest BCUT2D eigenvalue weighted by Crippen LogP contribution is -2.28. The number of carbonyl (C=O) groups excluding carboxylic acids is 1. The molecule has 34 heavy (non-hydrogen) atoms. The minimum absolute atomic E-state index is 0.0964. The second-order valence-electron chi connectivity index (χ2n) is 8.68. The lowest BCUT2D eigenvalue weighted by Gasteiger charge is -2.22. The third-order valence-electron chi connectivity index (χ3n) is 6.17. The lowest BCUT2D eigenvalue weighted by molar-refractivity contribution is 0.103. The molecule has 0 aliphatic rings. The molecule has 0 saturated heterocycles. The number of aromatic nitrogens is 1. The Balaban J connectivity index is 1.67. The van der Waals surface area contributed by atoms with Gasteiger partial charge >= 0.3 is 0 Å². The number of nitrogens with zero attached hydrogens (tertiary/aromatic N) is 2. The van der Waals surface area contributed by atoms with Gasteiger partial charge in [0.1, 0.15) is 5.75 Å². The summed E-state index contributed by atoms with van der Waals surface area (Å²) in [6.45, 7) is 10.4. The first kappa shape index (κ1) is 26.6. The molecule has 2 aromatic heterocycles. The summed E-state index contributed by atoms with van der Waals surface area (Å²) >= 11 is 13.1. The number of carbonyl (C=O) groups is 1. The highest BCUT2D eigenvalue weighted by atomic mass is 35.5. The Bertz CT molecular complexity index is 1090. The highest BCUT2D eigenvalue weighted by molar-refractivity contribution is 6.36. The quantitative estimate of drug-likeness (QED) is 0.167. The third kappa shape index (κ3) is 6.35. The summed E-state index contributed by atoms with van der Waals surface area (Å²) < 4.78 is 7.83. The molecule has 2 heterocycles. The van der Waals surface area contributed by atoms with Gasteiger partial charge in [0.15, 0.2) is 0 Å². The summed E-state index contributed by atoms with van der Waals surface area (Å²) in [5.41, 5.74) is 2.80. The molecule has 0 saturated carbocycles. The number of ether oxygens (including phenoxy) is 1. The molecule has 6 heteroatoms. The smallest absolute Gasteiger partial charge is 0.210 e. The van der Waals surface area contributed by atoms with Gasteiger partial charge in [-0.05, 0) is 69.1 Å². The van der Waals surface area contributed by atoms with E-state index in [9.17, 15) is 4.79 Å². The number of hydrogen-bond acceptors (Lipinski definition) is 3. The second kappa shape index (κ2) is 13.2. The summed E-state index contributed by atoms with van der Waals surface area (Å²) in [7, 11) is 0. The maximum atomic E-state index is 13.4. The number of hydrogen-bond donors (Lipinski definition) is 0. The van der Waals surface area contributed by atoms with E-state index >= 15 is 0 Å². The Morgan fingerprint density at radius 3 is 2.32 bits per heavy atom. The highest BCUT2D eigenvalue weighted by Crippen LogP contribution is 2.32. The molecule has 0 fully saturated rings. The predicted octanol–water partition coefficient (Wildman–Crippen LogP) is 7.71. The van der Waals surface area contributed by atoms with Gasteiger partial charge in [-0.15, -0.1) is 0 Å². The van der Waals surface area contributed by atoms with Gasteiger partial charge in [-0.1, -0.05) is 62.9 Å². The number of fused-ring (bicyclic) bond motifs is 1. The fourth-order valence-electron chi connectivity index (χ4n) is 4.25. The Hall–Kier alpha value is -2.01. The normalized spacial score (nSPS) is 11.5. The first-order valence-electron chi connectivity index (χ1n) is 12.5. The average Bonchev–Trinajstić information content (AvgIpc) is 3.14. The van der Waals surface area contributed by atoms with Gasteiger partial charge in [-0.25, -0.2) is 0 Å². The van der Waals surface area contributed by atoms with Crippen LogP contribution in [0.25, 0.3) is 5.52 Å². The number of pyridine rings is 1. The summed E-state index contributed by atoms with van der Waals surface area (Å²) in [6, 6.07) is 11.0. The van der Waals surface area contributed by atoms with E-state index in [2.05, 4.69) is 18.7 Å². The first-order valence-corrected chi connectivity index (χ1v) is 13.2.